The van der Waals surface area contributed by atoms with E-state index in [-0.39, 0.29) is 11.6 Å². The molecule has 1 N–H and O–H groups in total. The summed E-state index contributed by atoms with van der Waals surface area (Å²) in [6.07, 6.45) is 4.02. The summed E-state index contributed by atoms with van der Waals surface area (Å²) in [4.78, 5) is 0. The number of halogens is 1. The molecule has 0 aliphatic carbocycles. The highest BCUT2D eigenvalue weighted by molar-refractivity contribution is 5.45. The van der Waals surface area contributed by atoms with Crippen LogP contribution in [-0.4, -0.2) is 25.8 Å². The Bertz CT molecular complexity index is 430. The molecule has 0 aromatic heterocycles. The highest BCUT2D eigenvalue weighted by Crippen LogP contribution is 2.34. The molecule has 1 aromatic carbocycles. The van der Waals surface area contributed by atoms with Crippen LogP contribution in [0.1, 0.15) is 24.8 Å². The van der Waals surface area contributed by atoms with E-state index in [1.54, 1.807) is 6.07 Å². The molecule has 1 saturated heterocycles. The third kappa shape index (κ3) is 2.43. The van der Waals surface area contributed by atoms with Crippen molar-refractivity contribution in [2.24, 2.45) is 0 Å². The average molecular weight is 251 g/mol. The maximum absolute atomic E-state index is 14.0. The number of hydrogen-bond acceptors (Lipinski definition) is 3. The van der Waals surface area contributed by atoms with Crippen LogP contribution < -0.4 is 14.8 Å². The van der Waals surface area contributed by atoms with Gasteiger partial charge < -0.3 is 14.8 Å². The van der Waals surface area contributed by atoms with Gasteiger partial charge in [-0.2, -0.15) is 0 Å². The van der Waals surface area contributed by atoms with Crippen LogP contribution in [-0.2, 0) is 6.42 Å². The first-order valence-electron chi connectivity index (χ1n) is 6.64. The van der Waals surface area contributed by atoms with Crippen molar-refractivity contribution in [1.82, 2.24) is 5.32 Å². The lowest BCUT2D eigenvalue weighted by atomic mass is 10.0. The Morgan fingerprint density at radius 1 is 1.22 bits per heavy atom. The van der Waals surface area contributed by atoms with Crippen molar-refractivity contribution < 1.29 is 13.9 Å². The molecule has 3 nitrogen and oxygen atoms in total. The summed E-state index contributed by atoms with van der Waals surface area (Å²) in [6.45, 7) is 2.18. The fourth-order valence-electron chi connectivity index (χ4n) is 2.62. The normalized spacial score (nSPS) is 22.8. The van der Waals surface area contributed by atoms with E-state index in [4.69, 9.17) is 9.47 Å². The van der Waals surface area contributed by atoms with Crippen molar-refractivity contribution in [3.8, 4) is 11.5 Å². The third-order valence-corrected chi connectivity index (χ3v) is 3.51. The van der Waals surface area contributed by atoms with Crippen molar-refractivity contribution in [2.45, 2.75) is 31.7 Å². The average Bonchev–Trinajstić information content (AvgIpc) is 2.73. The minimum absolute atomic E-state index is 0.274. The van der Waals surface area contributed by atoms with E-state index in [1.165, 1.54) is 6.42 Å². The van der Waals surface area contributed by atoms with Gasteiger partial charge >= 0.3 is 0 Å². The molecule has 0 amide bonds. The lowest BCUT2D eigenvalue weighted by Crippen LogP contribution is -2.23. The molecule has 18 heavy (non-hydrogen) atoms. The van der Waals surface area contributed by atoms with Gasteiger partial charge in [0.1, 0.15) is 0 Å². The van der Waals surface area contributed by atoms with E-state index in [0.717, 1.165) is 31.4 Å². The fourth-order valence-corrected chi connectivity index (χ4v) is 2.62. The van der Waals surface area contributed by atoms with E-state index in [1.807, 2.05) is 6.07 Å². The van der Waals surface area contributed by atoms with Crippen molar-refractivity contribution >= 4 is 0 Å². The van der Waals surface area contributed by atoms with Crippen molar-refractivity contribution in [1.29, 1.82) is 0 Å². The van der Waals surface area contributed by atoms with Gasteiger partial charge in [0.15, 0.2) is 17.3 Å². The van der Waals surface area contributed by atoms with Crippen LogP contribution in [0.15, 0.2) is 12.1 Å². The second kappa shape index (κ2) is 5.14. The minimum atomic E-state index is -0.303. The fraction of sp³-hybridized carbons (Fsp3) is 0.571. The predicted molar refractivity (Wildman–Crippen MR) is 66.7 cm³/mol. The number of benzene rings is 1. The zero-order chi connectivity index (χ0) is 12.4. The topological polar surface area (TPSA) is 30.5 Å². The molecule has 3 rings (SSSR count). The van der Waals surface area contributed by atoms with Gasteiger partial charge in [0.2, 0.25) is 0 Å². The Morgan fingerprint density at radius 3 is 2.94 bits per heavy atom. The molecule has 2 aliphatic heterocycles. The van der Waals surface area contributed by atoms with Crippen LogP contribution in [0, 0.1) is 5.82 Å². The Kier molecular flexibility index (Phi) is 3.37. The van der Waals surface area contributed by atoms with Gasteiger partial charge in [-0.1, -0.05) is 0 Å². The SMILES string of the molecule is Fc1cc(CC2CCCN2)cc2c1OCCCO2. The standard InChI is InChI=1S/C14H18FNO2/c15-12-8-10(7-11-3-1-4-16-11)9-13-14(12)18-6-2-5-17-13/h8-9,11,16H,1-7H2. The molecule has 2 aliphatic rings. The molecule has 1 atom stereocenters. The van der Waals surface area contributed by atoms with Crippen LogP contribution >= 0.6 is 0 Å². The molecular formula is C14H18FNO2. The number of rotatable bonds is 2. The quantitative estimate of drug-likeness (QED) is 0.874. The van der Waals surface area contributed by atoms with Crippen LogP contribution in [0.25, 0.3) is 0 Å². The molecule has 4 heteroatoms. The van der Waals surface area contributed by atoms with Crippen molar-refractivity contribution in [3.05, 3.63) is 23.5 Å². The highest BCUT2D eigenvalue weighted by atomic mass is 19.1. The van der Waals surface area contributed by atoms with E-state index in [2.05, 4.69) is 5.32 Å². The molecule has 1 aromatic rings. The Balaban J connectivity index is 1.82. The van der Waals surface area contributed by atoms with Crippen molar-refractivity contribution in [2.75, 3.05) is 19.8 Å². The Labute approximate surface area is 106 Å². The van der Waals surface area contributed by atoms with Crippen LogP contribution in [0.3, 0.4) is 0 Å². The molecule has 98 valence electrons. The van der Waals surface area contributed by atoms with Crippen LogP contribution in [0.4, 0.5) is 4.39 Å². The largest absolute Gasteiger partial charge is 0.489 e. The third-order valence-electron chi connectivity index (χ3n) is 3.51. The monoisotopic (exact) mass is 251 g/mol. The lowest BCUT2D eigenvalue weighted by molar-refractivity contribution is 0.292. The zero-order valence-electron chi connectivity index (χ0n) is 10.4. The van der Waals surface area contributed by atoms with Gasteiger partial charge in [0, 0.05) is 12.5 Å². The second-order valence-electron chi connectivity index (χ2n) is 4.95. The Morgan fingerprint density at radius 2 is 2.11 bits per heavy atom. The summed E-state index contributed by atoms with van der Waals surface area (Å²) in [5.74, 6) is 0.526. The molecule has 0 saturated carbocycles. The lowest BCUT2D eigenvalue weighted by Gasteiger charge is -2.13. The number of ether oxygens (including phenoxy) is 2. The predicted octanol–water partition coefficient (Wildman–Crippen LogP) is 2.28. The minimum Gasteiger partial charge on any atom is -0.489 e. The first kappa shape index (κ1) is 11.8. The zero-order valence-corrected chi connectivity index (χ0v) is 10.4. The maximum Gasteiger partial charge on any atom is 0.197 e. The summed E-state index contributed by atoms with van der Waals surface area (Å²) >= 11 is 0. The van der Waals surface area contributed by atoms with E-state index in [0.29, 0.717) is 25.0 Å². The van der Waals surface area contributed by atoms with Gasteiger partial charge in [-0.3, -0.25) is 0 Å². The van der Waals surface area contributed by atoms with Gasteiger partial charge in [-0.15, -0.1) is 0 Å². The summed E-state index contributed by atoms with van der Waals surface area (Å²) in [7, 11) is 0. The summed E-state index contributed by atoms with van der Waals surface area (Å²) in [5.41, 5.74) is 0.983. The summed E-state index contributed by atoms with van der Waals surface area (Å²) < 4.78 is 24.9. The number of nitrogens with one attached hydrogen (secondary N) is 1. The first-order valence-corrected chi connectivity index (χ1v) is 6.64. The van der Waals surface area contributed by atoms with Gasteiger partial charge in [0.25, 0.3) is 0 Å². The molecule has 0 spiro atoms. The van der Waals surface area contributed by atoms with Crippen molar-refractivity contribution in [3.63, 3.8) is 0 Å². The number of hydrogen-bond donors (Lipinski definition) is 1. The maximum atomic E-state index is 14.0. The second-order valence-corrected chi connectivity index (χ2v) is 4.95. The highest BCUT2D eigenvalue weighted by Gasteiger charge is 2.19. The van der Waals surface area contributed by atoms with E-state index < -0.39 is 0 Å². The van der Waals surface area contributed by atoms with Gasteiger partial charge in [-0.25, -0.2) is 4.39 Å². The molecule has 0 radical (unpaired) electrons. The van der Waals surface area contributed by atoms with E-state index >= 15 is 0 Å². The summed E-state index contributed by atoms with van der Waals surface area (Å²) in [6, 6.07) is 3.96. The van der Waals surface area contributed by atoms with Gasteiger partial charge in [-0.05, 0) is 43.5 Å². The Hall–Kier alpha value is -1.29. The van der Waals surface area contributed by atoms with Crippen LogP contribution in [0.2, 0.25) is 0 Å². The van der Waals surface area contributed by atoms with E-state index in [9.17, 15) is 4.39 Å². The smallest absolute Gasteiger partial charge is 0.197 e. The molecule has 2 heterocycles. The molecular weight excluding hydrogens is 233 g/mol. The molecule has 0 bridgehead atoms. The van der Waals surface area contributed by atoms with Crippen LogP contribution in [0.5, 0.6) is 11.5 Å². The number of fused-ring (bicyclic) bond motifs is 1. The van der Waals surface area contributed by atoms with Gasteiger partial charge in [0.05, 0.1) is 13.2 Å². The molecule has 1 unspecified atom stereocenters. The first-order chi connectivity index (χ1) is 8.83. The molecule has 1 fully saturated rings. The summed E-state index contributed by atoms with van der Waals surface area (Å²) in [5, 5.41) is 3.42.